The van der Waals surface area contributed by atoms with E-state index in [0.29, 0.717) is 0 Å². The largest absolute Gasteiger partial charge is 0.103 e. The van der Waals surface area contributed by atoms with Crippen LogP contribution in [0, 0.1) is 0 Å². The molecule has 0 bridgehead atoms. The van der Waals surface area contributed by atoms with Gasteiger partial charge < -0.3 is 0 Å². The van der Waals surface area contributed by atoms with Crippen LogP contribution in [0.5, 0.6) is 0 Å². The first kappa shape index (κ1) is 16.0. The highest BCUT2D eigenvalue weighted by Crippen LogP contribution is 2.25. The van der Waals surface area contributed by atoms with Crippen molar-refractivity contribution in [3.63, 3.8) is 0 Å². The van der Waals surface area contributed by atoms with E-state index in [1.54, 1.807) is 0 Å². The molecule has 0 heteroatoms. The number of allylic oxidation sites excluding steroid dienone is 2. The van der Waals surface area contributed by atoms with Crippen LogP contribution >= 0.6 is 0 Å². The third-order valence-corrected chi connectivity index (χ3v) is 4.22. The molecule has 0 aliphatic heterocycles. The van der Waals surface area contributed by atoms with E-state index in [0.717, 1.165) is 12.8 Å². The van der Waals surface area contributed by atoms with Crippen LogP contribution in [-0.2, 0) is 12.8 Å². The molecule has 0 fully saturated rings. The molecule has 0 atom stereocenters. The minimum absolute atomic E-state index is 0.918. The van der Waals surface area contributed by atoms with E-state index in [9.17, 15) is 0 Å². The molecule has 0 amide bonds. The molecule has 3 aromatic rings. The Kier molecular flexibility index (Phi) is 5.08. The topological polar surface area (TPSA) is 0 Å². The van der Waals surface area contributed by atoms with E-state index in [1.165, 1.54) is 33.4 Å². The van der Waals surface area contributed by atoms with Gasteiger partial charge in [0.05, 0.1) is 0 Å². The van der Waals surface area contributed by atoms with Crippen LogP contribution in [0.1, 0.15) is 11.1 Å². The van der Waals surface area contributed by atoms with E-state index in [-0.39, 0.29) is 0 Å². The number of rotatable bonds is 6. The molecule has 0 aliphatic rings. The van der Waals surface area contributed by atoms with Crippen LogP contribution in [0.2, 0.25) is 0 Å². The maximum atomic E-state index is 3.79. The highest BCUT2D eigenvalue weighted by Gasteiger charge is 2.01. The van der Waals surface area contributed by atoms with Gasteiger partial charge in [0.2, 0.25) is 0 Å². The van der Waals surface area contributed by atoms with Crippen molar-refractivity contribution in [1.29, 1.82) is 0 Å². The second-order valence-corrected chi connectivity index (χ2v) is 5.96. The summed E-state index contributed by atoms with van der Waals surface area (Å²) in [5.41, 5.74) is 7.57. The fourth-order valence-electron chi connectivity index (χ4n) is 2.86. The summed E-state index contributed by atoms with van der Waals surface area (Å²) in [6, 6.07) is 26.2. The first-order chi connectivity index (χ1) is 11.8. The minimum Gasteiger partial charge on any atom is -0.103 e. The number of benzene rings is 3. The third kappa shape index (κ3) is 3.72. The lowest BCUT2D eigenvalue weighted by atomic mass is 9.98. The molecule has 0 saturated heterocycles. The molecule has 0 nitrogen and oxygen atoms in total. The zero-order valence-corrected chi connectivity index (χ0v) is 13.9. The molecule has 0 aromatic heterocycles. The zero-order valence-electron chi connectivity index (χ0n) is 13.9. The lowest BCUT2D eigenvalue weighted by molar-refractivity contribution is 1.28. The van der Waals surface area contributed by atoms with E-state index >= 15 is 0 Å². The summed E-state index contributed by atoms with van der Waals surface area (Å²) in [5.74, 6) is 0. The van der Waals surface area contributed by atoms with E-state index in [2.05, 4.69) is 86.0 Å². The molecule has 0 N–H and O–H groups in total. The molecule has 0 radical (unpaired) electrons. The van der Waals surface area contributed by atoms with Gasteiger partial charge in [-0.25, -0.2) is 0 Å². The van der Waals surface area contributed by atoms with E-state index in [1.807, 2.05) is 12.2 Å². The van der Waals surface area contributed by atoms with Crippen molar-refractivity contribution in [3.05, 3.63) is 109 Å². The maximum Gasteiger partial charge on any atom is -0.0100 e. The van der Waals surface area contributed by atoms with Crippen LogP contribution < -0.4 is 0 Å². The standard InChI is InChI=1S/C24H22/c1-3-5-19-7-11-21(12-8-19)23-15-17-24(18-16-23)22-13-9-20(6-4-2)10-14-22/h3-4,7-18H,1-2,5-6H2. The van der Waals surface area contributed by atoms with Gasteiger partial charge in [-0.1, -0.05) is 84.9 Å². The molecule has 118 valence electrons. The fourth-order valence-corrected chi connectivity index (χ4v) is 2.86. The Bertz CT molecular complexity index is 731. The predicted octanol–water partition coefficient (Wildman–Crippen LogP) is 6.48. The predicted molar refractivity (Wildman–Crippen MR) is 105 cm³/mol. The van der Waals surface area contributed by atoms with Crippen molar-refractivity contribution in [2.75, 3.05) is 0 Å². The van der Waals surface area contributed by atoms with Gasteiger partial charge in [0.15, 0.2) is 0 Å². The summed E-state index contributed by atoms with van der Waals surface area (Å²) in [4.78, 5) is 0. The number of hydrogen-bond donors (Lipinski definition) is 0. The third-order valence-electron chi connectivity index (χ3n) is 4.22. The number of hydrogen-bond acceptors (Lipinski definition) is 0. The minimum atomic E-state index is 0.918. The van der Waals surface area contributed by atoms with Crippen LogP contribution in [0.15, 0.2) is 98.1 Å². The average molecular weight is 310 g/mol. The summed E-state index contributed by atoms with van der Waals surface area (Å²) >= 11 is 0. The lowest BCUT2D eigenvalue weighted by Gasteiger charge is -2.07. The Balaban J connectivity index is 1.79. The summed E-state index contributed by atoms with van der Waals surface area (Å²) < 4.78 is 0. The van der Waals surface area contributed by atoms with Gasteiger partial charge in [0.25, 0.3) is 0 Å². The quantitative estimate of drug-likeness (QED) is 0.457. The Hall–Kier alpha value is -2.86. The van der Waals surface area contributed by atoms with Crippen molar-refractivity contribution >= 4 is 0 Å². The van der Waals surface area contributed by atoms with E-state index in [4.69, 9.17) is 0 Å². The monoisotopic (exact) mass is 310 g/mol. The molecule has 3 aromatic carbocycles. The van der Waals surface area contributed by atoms with Gasteiger partial charge in [-0.05, 0) is 46.2 Å². The fraction of sp³-hybridized carbons (Fsp3) is 0.0833. The van der Waals surface area contributed by atoms with Crippen molar-refractivity contribution in [3.8, 4) is 22.3 Å². The second-order valence-electron chi connectivity index (χ2n) is 5.96. The van der Waals surface area contributed by atoms with Crippen LogP contribution in [-0.4, -0.2) is 0 Å². The normalized spacial score (nSPS) is 10.3. The van der Waals surface area contributed by atoms with Crippen LogP contribution in [0.25, 0.3) is 22.3 Å². The van der Waals surface area contributed by atoms with Crippen LogP contribution in [0.3, 0.4) is 0 Å². The van der Waals surface area contributed by atoms with Gasteiger partial charge in [-0.15, -0.1) is 13.2 Å². The van der Waals surface area contributed by atoms with Gasteiger partial charge >= 0.3 is 0 Å². The Morgan fingerprint density at radius 3 is 0.958 bits per heavy atom. The molecular weight excluding hydrogens is 288 g/mol. The Morgan fingerprint density at radius 1 is 0.458 bits per heavy atom. The molecule has 0 aliphatic carbocycles. The van der Waals surface area contributed by atoms with Crippen molar-refractivity contribution in [2.45, 2.75) is 12.8 Å². The molecule has 0 unspecified atom stereocenters. The second kappa shape index (κ2) is 7.61. The molecule has 24 heavy (non-hydrogen) atoms. The summed E-state index contributed by atoms with van der Waals surface area (Å²) in [6.07, 6.45) is 5.70. The maximum absolute atomic E-state index is 3.79. The van der Waals surface area contributed by atoms with Crippen molar-refractivity contribution in [2.24, 2.45) is 0 Å². The molecule has 0 spiro atoms. The van der Waals surface area contributed by atoms with Crippen LogP contribution in [0.4, 0.5) is 0 Å². The summed E-state index contributed by atoms with van der Waals surface area (Å²) in [6.45, 7) is 7.57. The lowest BCUT2D eigenvalue weighted by Crippen LogP contribution is -1.84. The Labute approximate surface area is 144 Å². The van der Waals surface area contributed by atoms with Gasteiger partial charge in [-0.3, -0.25) is 0 Å². The van der Waals surface area contributed by atoms with E-state index < -0.39 is 0 Å². The highest BCUT2D eigenvalue weighted by atomic mass is 14.1. The molecular formula is C24H22. The molecule has 0 heterocycles. The Morgan fingerprint density at radius 2 is 0.708 bits per heavy atom. The highest BCUT2D eigenvalue weighted by molar-refractivity contribution is 5.70. The first-order valence-corrected chi connectivity index (χ1v) is 8.30. The smallest absolute Gasteiger partial charge is 0.0100 e. The summed E-state index contributed by atoms with van der Waals surface area (Å²) in [7, 11) is 0. The molecule has 0 saturated carbocycles. The first-order valence-electron chi connectivity index (χ1n) is 8.30. The zero-order chi connectivity index (χ0) is 16.8. The van der Waals surface area contributed by atoms with Gasteiger partial charge in [-0.2, -0.15) is 0 Å². The van der Waals surface area contributed by atoms with Crippen molar-refractivity contribution < 1.29 is 0 Å². The summed E-state index contributed by atoms with van der Waals surface area (Å²) in [5, 5.41) is 0. The molecule has 3 rings (SSSR count). The van der Waals surface area contributed by atoms with Gasteiger partial charge in [0.1, 0.15) is 0 Å². The SMILES string of the molecule is C=CCc1ccc(-c2ccc(-c3ccc(CC=C)cc3)cc2)cc1. The average Bonchev–Trinajstić information content (AvgIpc) is 2.64. The van der Waals surface area contributed by atoms with Crippen molar-refractivity contribution in [1.82, 2.24) is 0 Å². The van der Waals surface area contributed by atoms with Gasteiger partial charge in [0, 0.05) is 0 Å².